The lowest BCUT2D eigenvalue weighted by atomic mass is 10.0. The maximum Gasteiger partial charge on any atom is 0.318 e. The summed E-state index contributed by atoms with van der Waals surface area (Å²) in [5, 5.41) is 17.0. The zero-order chi connectivity index (χ0) is 18.0. The molecule has 0 aliphatic carbocycles. The first kappa shape index (κ1) is 17.7. The Kier molecular flexibility index (Phi) is 4.96. The molecule has 134 valence electrons. The summed E-state index contributed by atoms with van der Waals surface area (Å²) < 4.78 is 15.8. The van der Waals surface area contributed by atoms with Crippen LogP contribution in [0, 0.1) is 0 Å². The number of carbonyl (C=O) groups excluding carboxylic acids is 1. The van der Waals surface area contributed by atoms with Crippen LogP contribution in [0.5, 0.6) is 0 Å². The standard InChI is InChI=1S/C17H20ClFN4O2/c1-22-8-6-14(21-22)15(12-2-4-13(18)5-3-12)20-16(25)23-9-7-17(19,10-23)11-24/h2-6,8,15,24H,7,9-11H2,1H3,(H,20,25). The van der Waals surface area contributed by atoms with Gasteiger partial charge in [0.15, 0.2) is 5.67 Å². The molecule has 8 heteroatoms. The summed E-state index contributed by atoms with van der Waals surface area (Å²) in [6, 6.07) is 8.07. The minimum absolute atomic E-state index is 0.120. The van der Waals surface area contributed by atoms with Crippen molar-refractivity contribution in [3.05, 3.63) is 52.8 Å². The second-order valence-electron chi connectivity index (χ2n) is 6.33. The molecule has 25 heavy (non-hydrogen) atoms. The van der Waals surface area contributed by atoms with Gasteiger partial charge in [0, 0.05) is 31.2 Å². The third-order valence-corrected chi connectivity index (χ3v) is 4.63. The molecule has 2 atom stereocenters. The van der Waals surface area contributed by atoms with E-state index in [0.29, 0.717) is 10.7 Å². The molecule has 6 nitrogen and oxygen atoms in total. The highest BCUT2D eigenvalue weighted by molar-refractivity contribution is 6.30. The number of benzene rings is 1. The number of nitrogens with zero attached hydrogens (tertiary/aromatic N) is 3. The number of aliphatic hydroxyl groups is 1. The van der Waals surface area contributed by atoms with Gasteiger partial charge in [0.2, 0.25) is 0 Å². The Morgan fingerprint density at radius 3 is 2.72 bits per heavy atom. The van der Waals surface area contributed by atoms with Crippen molar-refractivity contribution >= 4 is 17.6 Å². The van der Waals surface area contributed by atoms with E-state index in [-0.39, 0.29) is 19.5 Å². The fraction of sp³-hybridized carbons (Fsp3) is 0.412. The van der Waals surface area contributed by atoms with Crippen molar-refractivity contribution in [2.45, 2.75) is 18.1 Å². The molecule has 1 aromatic carbocycles. The largest absolute Gasteiger partial charge is 0.393 e. The van der Waals surface area contributed by atoms with Crippen LogP contribution in [0.3, 0.4) is 0 Å². The number of nitrogens with one attached hydrogen (secondary N) is 1. The quantitative estimate of drug-likeness (QED) is 0.872. The second kappa shape index (κ2) is 7.01. The maximum atomic E-state index is 14.2. The third kappa shape index (κ3) is 3.93. The molecule has 2 aromatic rings. The average molecular weight is 367 g/mol. The number of hydrogen-bond donors (Lipinski definition) is 2. The van der Waals surface area contributed by atoms with Crippen LogP contribution in [0.15, 0.2) is 36.5 Å². The third-order valence-electron chi connectivity index (χ3n) is 4.38. The number of amides is 2. The fourth-order valence-electron chi connectivity index (χ4n) is 2.92. The molecule has 0 saturated carbocycles. The zero-order valence-corrected chi connectivity index (χ0v) is 14.6. The SMILES string of the molecule is Cn1ccc(C(NC(=O)N2CCC(F)(CO)C2)c2ccc(Cl)cc2)n1. The molecule has 2 heterocycles. The van der Waals surface area contributed by atoms with Crippen LogP contribution in [-0.4, -0.2) is 51.2 Å². The van der Waals surface area contributed by atoms with Crippen LogP contribution in [0.4, 0.5) is 9.18 Å². The summed E-state index contributed by atoms with van der Waals surface area (Å²) in [4.78, 5) is 14.0. The number of hydrogen-bond acceptors (Lipinski definition) is 3. The van der Waals surface area contributed by atoms with E-state index < -0.39 is 24.3 Å². The predicted octanol–water partition coefficient (Wildman–Crippen LogP) is 2.28. The summed E-state index contributed by atoms with van der Waals surface area (Å²) in [5.41, 5.74) is -0.228. The summed E-state index contributed by atoms with van der Waals surface area (Å²) in [7, 11) is 1.80. The minimum Gasteiger partial charge on any atom is -0.393 e. The number of aromatic nitrogens is 2. The van der Waals surface area contributed by atoms with Crippen molar-refractivity contribution in [1.29, 1.82) is 0 Å². The van der Waals surface area contributed by atoms with Crippen molar-refractivity contribution < 1.29 is 14.3 Å². The van der Waals surface area contributed by atoms with E-state index in [1.54, 1.807) is 30.1 Å². The molecular weight excluding hydrogens is 347 g/mol. The molecule has 1 fully saturated rings. The lowest BCUT2D eigenvalue weighted by Crippen LogP contribution is -2.43. The van der Waals surface area contributed by atoms with Gasteiger partial charge in [0.25, 0.3) is 0 Å². The monoisotopic (exact) mass is 366 g/mol. The normalized spacial score (nSPS) is 21.4. The van der Waals surface area contributed by atoms with E-state index in [1.807, 2.05) is 18.2 Å². The molecule has 0 spiro atoms. The smallest absolute Gasteiger partial charge is 0.318 e. The van der Waals surface area contributed by atoms with Crippen LogP contribution in [0.25, 0.3) is 0 Å². The Morgan fingerprint density at radius 2 is 2.16 bits per heavy atom. The van der Waals surface area contributed by atoms with Crippen LogP contribution < -0.4 is 5.32 Å². The molecule has 2 N–H and O–H groups in total. The van der Waals surface area contributed by atoms with Crippen molar-refractivity contribution in [3.8, 4) is 0 Å². The Hall–Kier alpha value is -2.12. The summed E-state index contributed by atoms with van der Waals surface area (Å²) in [6.07, 6.45) is 1.92. The van der Waals surface area contributed by atoms with E-state index in [1.165, 1.54) is 4.90 Å². The predicted molar refractivity (Wildman–Crippen MR) is 92.1 cm³/mol. The molecule has 1 saturated heterocycles. The lowest BCUT2D eigenvalue weighted by Gasteiger charge is -2.23. The van der Waals surface area contributed by atoms with Crippen molar-refractivity contribution in [1.82, 2.24) is 20.0 Å². The van der Waals surface area contributed by atoms with E-state index >= 15 is 0 Å². The Morgan fingerprint density at radius 1 is 1.44 bits per heavy atom. The molecule has 0 radical (unpaired) electrons. The van der Waals surface area contributed by atoms with Gasteiger partial charge in [-0.2, -0.15) is 5.10 Å². The van der Waals surface area contributed by atoms with E-state index in [9.17, 15) is 9.18 Å². The first-order chi connectivity index (χ1) is 11.9. The van der Waals surface area contributed by atoms with Gasteiger partial charge in [0.1, 0.15) is 6.04 Å². The Bertz CT molecular complexity index is 751. The van der Waals surface area contributed by atoms with Gasteiger partial charge in [-0.25, -0.2) is 9.18 Å². The fourth-order valence-corrected chi connectivity index (χ4v) is 3.05. The Labute approximate surface area is 150 Å². The highest BCUT2D eigenvalue weighted by Crippen LogP contribution is 2.27. The van der Waals surface area contributed by atoms with Crippen molar-refractivity contribution in [3.63, 3.8) is 0 Å². The first-order valence-electron chi connectivity index (χ1n) is 8.00. The number of carbonyl (C=O) groups is 1. The number of aryl methyl sites for hydroxylation is 1. The first-order valence-corrected chi connectivity index (χ1v) is 8.38. The van der Waals surface area contributed by atoms with Gasteiger partial charge < -0.3 is 15.3 Å². The molecule has 0 bridgehead atoms. The summed E-state index contributed by atoms with van der Waals surface area (Å²) in [6.45, 7) is -0.443. The van der Waals surface area contributed by atoms with Gasteiger partial charge in [-0.1, -0.05) is 23.7 Å². The number of urea groups is 1. The topological polar surface area (TPSA) is 70.4 Å². The molecule has 2 amide bonds. The minimum atomic E-state index is -1.72. The van der Waals surface area contributed by atoms with E-state index in [0.717, 1.165) is 5.56 Å². The molecule has 1 aliphatic heterocycles. The summed E-state index contributed by atoms with van der Waals surface area (Å²) in [5.74, 6) is 0. The zero-order valence-electron chi connectivity index (χ0n) is 13.8. The average Bonchev–Trinajstić information content (AvgIpc) is 3.20. The Balaban J connectivity index is 1.81. The van der Waals surface area contributed by atoms with Crippen LogP contribution >= 0.6 is 11.6 Å². The number of alkyl halides is 1. The lowest BCUT2D eigenvalue weighted by molar-refractivity contribution is 0.0804. The summed E-state index contributed by atoms with van der Waals surface area (Å²) >= 11 is 5.94. The number of aliphatic hydroxyl groups excluding tert-OH is 1. The molecule has 2 unspecified atom stereocenters. The second-order valence-corrected chi connectivity index (χ2v) is 6.77. The number of halogens is 2. The van der Waals surface area contributed by atoms with E-state index in [4.69, 9.17) is 16.7 Å². The number of rotatable bonds is 4. The van der Waals surface area contributed by atoms with Crippen molar-refractivity contribution in [2.24, 2.45) is 7.05 Å². The van der Waals surface area contributed by atoms with Gasteiger partial charge in [-0.3, -0.25) is 4.68 Å². The molecule has 3 rings (SSSR count). The highest BCUT2D eigenvalue weighted by Gasteiger charge is 2.40. The number of likely N-dealkylation sites (tertiary alicyclic amines) is 1. The maximum absolute atomic E-state index is 14.2. The van der Waals surface area contributed by atoms with Gasteiger partial charge >= 0.3 is 6.03 Å². The van der Waals surface area contributed by atoms with Crippen LogP contribution in [-0.2, 0) is 7.05 Å². The molecular formula is C17H20ClFN4O2. The van der Waals surface area contributed by atoms with E-state index in [2.05, 4.69) is 10.4 Å². The van der Waals surface area contributed by atoms with Gasteiger partial charge in [0.05, 0.1) is 18.8 Å². The van der Waals surface area contributed by atoms with Crippen molar-refractivity contribution in [2.75, 3.05) is 19.7 Å². The molecule has 1 aromatic heterocycles. The van der Waals surface area contributed by atoms with Gasteiger partial charge in [-0.15, -0.1) is 0 Å². The molecule has 1 aliphatic rings. The van der Waals surface area contributed by atoms with Crippen LogP contribution in [0.2, 0.25) is 5.02 Å². The highest BCUT2D eigenvalue weighted by atomic mass is 35.5. The van der Waals surface area contributed by atoms with Crippen LogP contribution in [0.1, 0.15) is 23.7 Å². The van der Waals surface area contributed by atoms with Gasteiger partial charge in [-0.05, 0) is 23.8 Å².